The van der Waals surface area contributed by atoms with Crippen LogP contribution >= 0.6 is 0 Å². The highest BCUT2D eigenvalue weighted by Crippen LogP contribution is 2.06. The number of aldehydes is 1. The molecule has 0 N–H and O–H groups in total. The van der Waals surface area contributed by atoms with Crippen molar-refractivity contribution >= 4 is 12.1 Å². The Labute approximate surface area is 100 Å². The molecule has 90 valence electrons. The van der Waals surface area contributed by atoms with Crippen LogP contribution in [0, 0.1) is 0 Å². The third-order valence-electron chi connectivity index (χ3n) is 2.79. The van der Waals surface area contributed by atoms with Crippen molar-refractivity contribution < 1.29 is 14.3 Å². The molecule has 1 saturated heterocycles. The van der Waals surface area contributed by atoms with E-state index >= 15 is 0 Å². The summed E-state index contributed by atoms with van der Waals surface area (Å²) in [5.41, 5.74) is 0.710. The molecule has 4 nitrogen and oxygen atoms in total. The van der Waals surface area contributed by atoms with Crippen LogP contribution in [0.2, 0.25) is 0 Å². The maximum atomic E-state index is 11.9. The van der Waals surface area contributed by atoms with Gasteiger partial charge >= 0.3 is 0 Å². The molecule has 0 bridgehead atoms. The minimum atomic E-state index is -0.396. The number of nitrogens with zero attached hydrogens (tertiary/aromatic N) is 1. The predicted molar refractivity (Wildman–Crippen MR) is 63.0 cm³/mol. The van der Waals surface area contributed by atoms with Crippen molar-refractivity contribution in [3.63, 3.8) is 0 Å². The largest absolute Gasteiger partial charge is 0.368 e. The minimum absolute atomic E-state index is 0.0807. The SMILES string of the molecule is O=C[C@@H]1CN(CC(=O)c2ccccc2)CCO1. The van der Waals surface area contributed by atoms with Gasteiger partial charge in [0.05, 0.1) is 13.2 Å². The Bertz CT molecular complexity index is 391. The first-order chi connectivity index (χ1) is 8.29. The van der Waals surface area contributed by atoms with Crippen molar-refractivity contribution in [2.24, 2.45) is 0 Å². The molecular weight excluding hydrogens is 218 g/mol. The van der Waals surface area contributed by atoms with E-state index in [0.717, 1.165) is 6.29 Å². The van der Waals surface area contributed by atoms with Crippen molar-refractivity contribution in [2.75, 3.05) is 26.2 Å². The number of hydrogen-bond acceptors (Lipinski definition) is 4. The van der Waals surface area contributed by atoms with Gasteiger partial charge in [-0.15, -0.1) is 0 Å². The van der Waals surface area contributed by atoms with E-state index in [9.17, 15) is 9.59 Å². The summed E-state index contributed by atoms with van der Waals surface area (Å²) in [7, 11) is 0. The van der Waals surface area contributed by atoms with Crippen LogP contribution in [0.15, 0.2) is 30.3 Å². The van der Waals surface area contributed by atoms with Crippen LogP contribution < -0.4 is 0 Å². The monoisotopic (exact) mass is 233 g/mol. The number of carbonyl (C=O) groups excluding carboxylic acids is 2. The molecule has 17 heavy (non-hydrogen) atoms. The van der Waals surface area contributed by atoms with Gasteiger partial charge in [0.25, 0.3) is 0 Å². The maximum absolute atomic E-state index is 11.9. The van der Waals surface area contributed by atoms with E-state index in [0.29, 0.717) is 31.8 Å². The van der Waals surface area contributed by atoms with Crippen LogP contribution in [0.25, 0.3) is 0 Å². The van der Waals surface area contributed by atoms with Crippen LogP contribution in [-0.2, 0) is 9.53 Å². The average Bonchev–Trinajstić information content (AvgIpc) is 2.40. The fourth-order valence-electron chi connectivity index (χ4n) is 1.88. The summed E-state index contributed by atoms with van der Waals surface area (Å²) in [5.74, 6) is 0.0807. The van der Waals surface area contributed by atoms with Crippen molar-refractivity contribution in [3.8, 4) is 0 Å². The van der Waals surface area contributed by atoms with Gasteiger partial charge in [-0.05, 0) is 0 Å². The molecule has 0 spiro atoms. The molecule has 0 unspecified atom stereocenters. The molecule has 0 aliphatic carbocycles. The Hall–Kier alpha value is -1.52. The Morgan fingerprint density at radius 3 is 2.88 bits per heavy atom. The van der Waals surface area contributed by atoms with Gasteiger partial charge in [-0.1, -0.05) is 30.3 Å². The van der Waals surface area contributed by atoms with Crippen LogP contribution in [0.5, 0.6) is 0 Å². The number of carbonyl (C=O) groups is 2. The Balaban J connectivity index is 1.92. The zero-order valence-electron chi connectivity index (χ0n) is 9.54. The molecule has 1 aromatic rings. The number of ether oxygens (including phenoxy) is 1. The van der Waals surface area contributed by atoms with Crippen LogP contribution in [0.1, 0.15) is 10.4 Å². The maximum Gasteiger partial charge on any atom is 0.176 e. The Morgan fingerprint density at radius 1 is 1.41 bits per heavy atom. The van der Waals surface area contributed by atoms with Crippen LogP contribution in [0.4, 0.5) is 0 Å². The molecular formula is C13H15NO3. The van der Waals surface area contributed by atoms with Gasteiger partial charge in [0.2, 0.25) is 0 Å². The van der Waals surface area contributed by atoms with Gasteiger partial charge in [0, 0.05) is 18.7 Å². The van der Waals surface area contributed by atoms with Gasteiger partial charge in [0.15, 0.2) is 5.78 Å². The Morgan fingerprint density at radius 2 is 2.18 bits per heavy atom. The van der Waals surface area contributed by atoms with Gasteiger partial charge < -0.3 is 9.53 Å². The first kappa shape index (κ1) is 12.0. The average molecular weight is 233 g/mol. The minimum Gasteiger partial charge on any atom is -0.368 e. The molecule has 1 fully saturated rings. The summed E-state index contributed by atoms with van der Waals surface area (Å²) in [6, 6.07) is 9.19. The topological polar surface area (TPSA) is 46.6 Å². The summed E-state index contributed by atoms with van der Waals surface area (Å²) in [4.78, 5) is 24.5. The van der Waals surface area contributed by atoms with Crippen molar-refractivity contribution in [3.05, 3.63) is 35.9 Å². The number of morpholine rings is 1. The quantitative estimate of drug-likeness (QED) is 0.569. The van der Waals surface area contributed by atoms with Crippen molar-refractivity contribution in [1.29, 1.82) is 0 Å². The van der Waals surface area contributed by atoms with E-state index in [-0.39, 0.29) is 5.78 Å². The van der Waals surface area contributed by atoms with Crippen molar-refractivity contribution in [1.82, 2.24) is 4.90 Å². The van der Waals surface area contributed by atoms with Gasteiger partial charge in [-0.25, -0.2) is 0 Å². The van der Waals surface area contributed by atoms with Crippen LogP contribution in [0.3, 0.4) is 0 Å². The lowest BCUT2D eigenvalue weighted by Crippen LogP contribution is -2.45. The molecule has 1 atom stereocenters. The standard InChI is InChI=1S/C13H15NO3/c15-10-12-8-14(6-7-17-12)9-13(16)11-4-2-1-3-5-11/h1-5,10,12H,6-9H2/t12-/m0/s1. The number of benzene rings is 1. The first-order valence-electron chi connectivity index (χ1n) is 5.67. The number of ketones is 1. The third kappa shape index (κ3) is 3.22. The van der Waals surface area contributed by atoms with Crippen LogP contribution in [-0.4, -0.2) is 49.3 Å². The second-order valence-corrected chi connectivity index (χ2v) is 4.07. The highest BCUT2D eigenvalue weighted by molar-refractivity contribution is 5.97. The van der Waals surface area contributed by atoms with E-state index in [1.54, 1.807) is 12.1 Å². The second kappa shape index (κ2) is 5.70. The number of Topliss-reactive ketones (excluding diaryl/α,β-unsaturated/α-hetero) is 1. The van der Waals surface area contributed by atoms with Crippen molar-refractivity contribution in [2.45, 2.75) is 6.10 Å². The summed E-state index contributed by atoms with van der Waals surface area (Å²) in [6.45, 7) is 2.05. The lowest BCUT2D eigenvalue weighted by atomic mass is 10.1. The second-order valence-electron chi connectivity index (χ2n) is 4.07. The molecule has 0 aromatic heterocycles. The normalized spacial score (nSPS) is 21.1. The summed E-state index contributed by atoms with van der Waals surface area (Å²) in [6.07, 6.45) is 0.395. The Kier molecular flexibility index (Phi) is 4.01. The smallest absolute Gasteiger partial charge is 0.176 e. The molecule has 4 heteroatoms. The first-order valence-corrected chi connectivity index (χ1v) is 5.67. The zero-order valence-corrected chi connectivity index (χ0v) is 9.54. The highest BCUT2D eigenvalue weighted by Gasteiger charge is 2.21. The molecule has 0 radical (unpaired) electrons. The molecule has 0 saturated carbocycles. The number of hydrogen-bond donors (Lipinski definition) is 0. The van der Waals surface area contributed by atoms with Gasteiger partial charge in [-0.2, -0.15) is 0 Å². The number of rotatable bonds is 4. The molecule has 1 aromatic carbocycles. The lowest BCUT2D eigenvalue weighted by molar-refractivity contribution is -0.123. The van der Waals surface area contributed by atoms with E-state index in [1.165, 1.54) is 0 Å². The fourth-order valence-corrected chi connectivity index (χ4v) is 1.88. The van der Waals surface area contributed by atoms with Gasteiger partial charge in [0.1, 0.15) is 12.4 Å². The van der Waals surface area contributed by atoms with E-state index < -0.39 is 6.10 Å². The zero-order chi connectivity index (χ0) is 12.1. The molecule has 1 aliphatic heterocycles. The molecule has 0 amide bonds. The lowest BCUT2D eigenvalue weighted by Gasteiger charge is -2.29. The molecule has 1 heterocycles. The third-order valence-corrected chi connectivity index (χ3v) is 2.79. The summed E-state index contributed by atoms with van der Waals surface area (Å²) < 4.78 is 5.22. The van der Waals surface area contributed by atoms with Gasteiger partial charge in [-0.3, -0.25) is 9.69 Å². The van der Waals surface area contributed by atoms with E-state index in [1.807, 2.05) is 23.1 Å². The summed E-state index contributed by atoms with van der Waals surface area (Å²) in [5, 5.41) is 0. The fraction of sp³-hybridized carbons (Fsp3) is 0.385. The van der Waals surface area contributed by atoms with E-state index in [2.05, 4.69) is 0 Å². The van der Waals surface area contributed by atoms with E-state index in [4.69, 9.17) is 4.74 Å². The molecule has 1 aliphatic rings. The predicted octanol–water partition coefficient (Wildman–Crippen LogP) is 0.769. The summed E-state index contributed by atoms with van der Waals surface area (Å²) >= 11 is 0. The molecule has 2 rings (SSSR count). The highest BCUT2D eigenvalue weighted by atomic mass is 16.5.